The minimum Gasteiger partial charge on any atom is -0.311 e. The Morgan fingerprint density at radius 3 is 2.70 bits per heavy atom. The maximum Gasteiger partial charge on any atom is 0.259 e. The smallest absolute Gasteiger partial charge is 0.259 e. The van der Waals surface area contributed by atoms with Crippen molar-refractivity contribution < 1.29 is 4.79 Å². The molecule has 2 aromatic carbocycles. The van der Waals surface area contributed by atoms with E-state index in [4.69, 9.17) is 5.26 Å². The van der Waals surface area contributed by atoms with Gasteiger partial charge in [0.2, 0.25) is 0 Å². The zero-order chi connectivity index (χ0) is 14.7. The van der Waals surface area contributed by atoms with Crippen molar-refractivity contribution in [2.75, 3.05) is 11.9 Å². The zero-order valence-electron chi connectivity index (χ0n) is 11.2. The van der Waals surface area contributed by atoms with Crippen LogP contribution >= 0.6 is 15.9 Å². The van der Waals surface area contributed by atoms with Gasteiger partial charge in [0, 0.05) is 17.2 Å². The molecule has 0 aliphatic carbocycles. The van der Waals surface area contributed by atoms with Crippen LogP contribution in [0.1, 0.15) is 21.5 Å². The number of carbonyl (C=O) groups excluding carboxylic acids is 1. The molecule has 0 fully saturated rings. The summed E-state index contributed by atoms with van der Waals surface area (Å²) >= 11 is 3.40. The van der Waals surface area contributed by atoms with Gasteiger partial charge in [0.15, 0.2) is 0 Å². The van der Waals surface area contributed by atoms with Gasteiger partial charge < -0.3 is 4.90 Å². The molecule has 1 amide bonds. The van der Waals surface area contributed by atoms with E-state index in [0.717, 1.165) is 10.0 Å². The normalized spacial score (nSPS) is 9.90. The minimum atomic E-state index is -0.115. The molecule has 2 rings (SSSR count). The number of hydrogen-bond donors (Lipinski definition) is 0. The highest BCUT2D eigenvalue weighted by Gasteiger charge is 2.16. The Kier molecular flexibility index (Phi) is 4.21. The maximum atomic E-state index is 12.5. The summed E-state index contributed by atoms with van der Waals surface area (Å²) in [6.07, 6.45) is 0. The van der Waals surface area contributed by atoms with Gasteiger partial charge in [-0.25, -0.2) is 0 Å². The van der Waals surface area contributed by atoms with Crippen molar-refractivity contribution in [1.29, 1.82) is 5.26 Å². The summed E-state index contributed by atoms with van der Waals surface area (Å²) in [4.78, 5) is 14.1. The fraction of sp³-hybridized carbons (Fsp3) is 0.125. The van der Waals surface area contributed by atoms with Gasteiger partial charge in [-0.2, -0.15) is 5.26 Å². The second-order valence-electron chi connectivity index (χ2n) is 4.51. The van der Waals surface area contributed by atoms with Crippen LogP contribution in [0.15, 0.2) is 46.9 Å². The fourth-order valence-corrected chi connectivity index (χ4v) is 2.30. The number of amides is 1. The summed E-state index contributed by atoms with van der Waals surface area (Å²) in [6.45, 7) is 1.94. The lowest BCUT2D eigenvalue weighted by Gasteiger charge is -2.18. The van der Waals surface area contributed by atoms with E-state index in [-0.39, 0.29) is 5.91 Å². The monoisotopic (exact) mass is 328 g/mol. The fourth-order valence-electron chi connectivity index (χ4n) is 1.89. The van der Waals surface area contributed by atoms with Crippen LogP contribution in [-0.2, 0) is 0 Å². The molecular weight excluding hydrogens is 316 g/mol. The number of hydrogen-bond acceptors (Lipinski definition) is 2. The summed E-state index contributed by atoms with van der Waals surface area (Å²) in [7, 11) is 1.70. The summed E-state index contributed by atoms with van der Waals surface area (Å²) in [5.74, 6) is -0.115. The third kappa shape index (κ3) is 2.89. The summed E-state index contributed by atoms with van der Waals surface area (Å²) in [6, 6.07) is 14.7. The number of aryl methyl sites for hydroxylation is 1. The van der Waals surface area contributed by atoms with Gasteiger partial charge in [-0.1, -0.05) is 17.7 Å². The molecule has 100 valence electrons. The Labute approximate surface area is 126 Å². The Morgan fingerprint density at radius 1 is 1.25 bits per heavy atom. The minimum absolute atomic E-state index is 0.115. The lowest BCUT2D eigenvalue weighted by atomic mass is 10.1. The van der Waals surface area contributed by atoms with Crippen LogP contribution in [0.3, 0.4) is 0 Å². The first kappa shape index (κ1) is 14.3. The number of rotatable bonds is 2. The molecule has 0 atom stereocenters. The van der Waals surface area contributed by atoms with Gasteiger partial charge in [0.1, 0.15) is 0 Å². The van der Waals surface area contributed by atoms with Crippen LogP contribution in [0.5, 0.6) is 0 Å². The molecule has 0 bridgehead atoms. The SMILES string of the molecule is Cc1ccc(Br)c(C(=O)N(C)c2cccc(C#N)c2)c1. The summed E-state index contributed by atoms with van der Waals surface area (Å²) in [5.41, 5.74) is 2.86. The van der Waals surface area contributed by atoms with Crippen molar-refractivity contribution in [3.8, 4) is 6.07 Å². The van der Waals surface area contributed by atoms with Gasteiger partial charge in [0.25, 0.3) is 5.91 Å². The van der Waals surface area contributed by atoms with Crippen LogP contribution in [0.2, 0.25) is 0 Å². The number of anilines is 1. The molecule has 4 heteroatoms. The second kappa shape index (κ2) is 5.89. The zero-order valence-corrected chi connectivity index (χ0v) is 12.8. The molecule has 0 aliphatic rings. The molecule has 0 heterocycles. The van der Waals surface area contributed by atoms with E-state index in [0.29, 0.717) is 16.8 Å². The Bertz CT molecular complexity index is 704. The molecule has 0 saturated heterocycles. The van der Waals surface area contributed by atoms with Gasteiger partial charge >= 0.3 is 0 Å². The molecule has 0 saturated carbocycles. The van der Waals surface area contributed by atoms with Gasteiger partial charge in [-0.3, -0.25) is 4.79 Å². The van der Waals surface area contributed by atoms with E-state index in [9.17, 15) is 4.79 Å². The Morgan fingerprint density at radius 2 is 2.00 bits per heavy atom. The molecular formula is C16H13BrN2O. The van der Waals surface area contributed by atoms with Crippen molar-refractivity contribution in [2.24, 2.45) is 0 Å². The van der Waals surface area contributed by atoms with Crippen LogP contribution in [0, 0.1) is 18.3 Å². The predicted octanol–water partition coefficient (Wildman–Crippen LogP) is 3.91. The molecule has 2 aromatic rings. The highest BCUT2D eigenvalue weighted by Crippen LogP contribution is 2.23. The quantitative estimate of drug-likeness (QED) is 0.838. The van der Waals surface area contributed by atoms with Gasteiger partial charge in [-0.05, 0) is 53.2 Å². The maximum absolute atomic E-state index is 12.5. The lowest BCUT2D eigenvalue weighted by Crippen LogP contribution is -2.26. The number of nitriles is 1. The topological polar surface area (TPSA) is 44.1 Å². The highest BCUT2D eigenvalue weighted by molar-refractivity contribution is 9.10. The average Bonchev–Trinajstić information content (AvgIpc) is 2.48. The van der Waals surface area contributed by atoms with Crippen LogP contribution in [0.4, 0.5) is 5.69 Å². The number of benzene rings is 2. The first-order chi connectivity index (χ1) is 9.52. The lowest BCUT2D eigenvalue weighted by molar-refractivity contribution is 0.0992. The Hall–Kier alpha value is -2.12. The van der Waals surface area contributed by atoms with E-state index >= 15 is 0 Å². The van der Waals surface area contributed by atoms with Gasteiger partial charge in [-0.15, -0.1) is 0 Å². The van der Waals surface area contributed by atoms with Gasteiger partial charge in [0.05, 0.1) is 17.2 Å². The molecule has 20 heavy (non-hydrogen) atoms. The van der Waals surface area contributed by atoms with Crippen LogP contribution < -0.4 is 4.90 Å². The predicted molar refractivity (Wildman–Crippen MR) is 82.8 cm³/mol. The van der Waals surface area contributed by atoms with E-state index in [2.05, 4.69) is 22.0 Å². The highest BCUT2D eigenvalue weighted by atomic mass is 79.9. The van der Waals surface area contributed by atoms with E-state index in [1.807, 2.05) is 31.2 Å². The second-order valence-corrected chi connectivity index (χ2v) is 5.36. The number of halogens is 1. The largest absolute Gasteiger partial charge is 0.311 e. The van der Waals surface area contributed by atoms with Crippen molar-refractivity contribution in [2.45, 2.75) is 6.92 Å². The Balaban J connectivity index is 2.37. The number of carbonyl (C=O) groups is 1. The number of nitrogens with zero attached hydrogens (tertiary/aromatic N) is 2. The third-order valence-corrected chi connectivity index (χ3v) is 3.71. The third-order valence-electron chi connectivity index (χ3n) is 3.02. The standard InChI is InChI=1S/C16H13BrN2O/c1-11-6-7-15(17)14(8-11)16(20)19(2)13-5-3-4-12(9-13)10-18/h3-9H,1-2H3. The van der Waals surface area contributed by atoms with Crippen molar-refractivity contribution >= 4 is 27.5 Å². The van der Waals surface area contributed by atoms with E-state index in [1.165, 1.54) is 0 Å². The molecule has 0 aliphatic heterocycles. The molecule has 0 spiro atoms. The first-order valence-corrected chi connectivity index (χ1v) is 6.86. The first-order valence-electron chi connectivity index (χ1n) is 6.07. The summed E-state index contributed by atoms with van der Waals surface area (Å²) < 4.78 is 0.761. The molecule has 0 unspecified atom stereocenters. The average molecular weight is 329 g/mol. The van der Waals surface area contributed by atoms with Crippen LogP contribution in [-0.4, -0.2) is 13.0 Å². The molecule has 0 aromatic heterocycles. The van der Waals surface area contributed by atoms with Crippen molar-refractivity contribution in [1.82, 2.24) is 0 Å². The molecule has 0 radical (unpaired) electrons. The summed E-state index contributed by atoms with van der Waals surface area (Å²) in [5, 5.41) is 8.92. The molecule has 3 nitrogen and oxygen atoms in total. The van der Waals surface area contributed by atoms with E-state index < -0.39 is 0 Å². The van der Waals surface area contributed by atoms with Crippen molar-refractivity contribution in [3.63, 3.8) is 0 Å². The van der Waals surface area contributed by atoms with Crippen LogP contribution in [0.25, 0.3) is 0 Å². The van der Waals surface area contributed by atoms with E-state index in [1.54, 1.807) is 30.1 Å². The molecule has 0 N–H and O–H groups in total. The van der Waals surface area contributed by atoms with Crippen molar-refractivity contribution in [3.05, 3.63) is 63.6 Å².